The zero-order valence-corrected chi connectivity index (χ0v) is 15.3. The Bertz CT molecular complexity index is 1120. The maximum absolute atomic E-state index is 13.7. The van der Waals surface area contributed by atoms with Crippen molar-refractivity contribution >= 4 is 23.1 Å². The predicted molar refractivity (Wildman–Crippen MR) is 99.9 cm³/mol. The molecule has 28 heavy (non-hydrogen) atoms. The molecular weight excluding hydrogens is 386 g/mol. The van der Waals surface area contributed by atoms with E-state index < -0.39 is 23.1 Å². The van der Waals surface area contributed by atoms with E-state index in [2.05, 4.69) is 20.5 Å². The number of benzene rings is 1. The Hall–Kier alpha value is -3.46. The molecule has 0 fully saturated rings. The van der Waals surface area contributed by atoms with Crippen LogP contribution in [-0.2, 0) is 0 Å². The van der Waals surface area contributed by atoms with Crippen molar-refractivity contribution < 1.29 is 18.0 Å². The Morgan fingerprint density at radius 3 is 2.61 bits per heavy atom. The number of pyridine rings is 1. The highest BCUT2D eigenvalue weighted by molar-refractivity contribution is 7.19. The number of hydrogen-bond donors (Lipinski definition) is 1. The van der Waals surface area contributed by atoms with E-state index >= 15 is 0 Å². The number of nitrogens with zero attached hydrogens (tertiary/aromatic N) is 3. The molecule has 4 rings (SSSR count). The van der Waals surface area contributed by atoms with Crippen molar-refractivity contribution in [2.75, 3.05) is 5.32 Å². The predicted octanol–water partition coefficient (Wildman–Crippen LogP) is 4.70. The summed E-state index contributed by atoms with van der Waals surface area (Å²) in [5, 5.41) is 9.97. The first-order valence-electron chi connectivity index (χ1n) is 8.11. The summed E-state index contributed by atoms with van der Waals surface area (Å²) < 4.78 is 32.6. The summed E-state index contributed by atoms with van der Waals surface area (Å²) >= 11 is 1.47. The second kappa shape index (κ2) is 7.28. The number of carbonyl (C=O) groups is 1. The van der Waals surface area contributed by atoms with Gasteiger partial charge in [0.1, 0.15) is 23.0 Å². The Balaban J connectivity index is 1.56. The third-order valence-corrected chi connectivity index (χ3v) is 5.22. The van der Waals surface area contributed by atoms with Gasteiger partial charge < -0.3 is 9.73 Å². The zero-order chi connectivity index (χ0) is 19.7. The minimum absolute atomic E-state index is 0.183. The van der Waals surface area contributed by atoms with Crippen molar-refractivity contribution in [3.63, 3.8) is 0 Å². The van der Waals surface area contributed by atoms with Crippen molar-refractivity contribution in [1.82, 2.24) is 15.2 Å². The second-order valence-electron chi connectivity index (χ2n) is 5.85. The van der Waals surface area contributed by atoms with Gasteiger partial charge in [-0.05, 0) is 42.8 Å². The van der Waals surface area contributed by atoms with E-state index in [0.29, 0.717) is 5.89 Å². The molecule has 9 heteroatoms. The summed E-state index contributed by atoms with van der Waals surface area (Å²) in [4.78, 5) is 18.1. The summed E-state index contributed by atoms with van der Waals surface area (Å²) in [6.07, 6.45) is 2.84. The summed E-state index contributed by atoms with van der Waals surface area (Å²) in [6, 6.07) is 8.50. The van der Waals surface area contributed by atoms with Crippen LogP contribution in [0.4, 0.5) is 14.6 Å². The van der Waals surface area contributed by atoms with Crippen LogP contribution in [-0.4, -0.2) is 21.1 Å². The molecule has 3 aromatic heterocycles. The number of aromatic nitrogens is 3. The highest BCUT2D eigenvalue weighted by Gasteiger charge is 2.18. The normalized spacial score (nSPS) is 10.8. The van der Waals surface area contributed by atoms with E-state index in [1.54, 1.807) is 18.3 Å². The Morgan fingerprint density at radius 2 is 1.96 bits per heavy atom. The molecule has 0 atom stereocenters. The van der Waals surface area contributed by atoms with Gasteiger partial charge in [0.05, 0.1) is 4.88 Å². The molecule has 3 heterocycles. The smallest absolute Gasteiger partial charge is 0.262 e. The van der Waals surface area contributed by atoms with Gasteiger partial charge >= 0.3 is 0 Å². The highest BCUT2D eigenvalue weighted by atomic mass is 32.1. The standard InChI is InChI=1S/C19H12F2N4O2S/c1-10-7-14(19-25-23-9-27-19)28-17(10)11-5-6-15(22-8-11)24-18(26)16-12(20)3-2-4-13(16)21/h2-9H,1H3,(H,22,24,26). The number of nitrogens with one attached hydrogen (secondary N) is 1. The van der Waals surface area contributed by atoms with Gasteiger partial charge in [0, 0.05) is 16.6 Å². The van der Waals surface area contributed by atoms with Crippen LogP contribution in [0, 0.1) is 18.6 Å². The molecule has 1 N–H and O–H groups in total. The van der Waals surface area contributed by atoms with Gasteiger partial charge in [-0.1, -0.05) is 6.07 Å². The second-order valence-corrected chi connectivity index (χ2v) is 6.90. The summed E-state index contributed by atoms with van der Waals surface area (Å²) in [7, 11) is 0. The van der Waals surface area contributed by atoms with Gasteiger partial charge in [-0.15, -0.1) is 21.5 Å². The molecule has 6 nitrogen and oxygen atoms in total. The number of thiophene rings is 1. The molecule has 0 saturated heterocycles. The van der Waals surface area contributed by atoms with Crippen LogP contribution in [0.25, 0.3) is 21.2 Å². The van der Waals surface area contributed by atoms with Crippen molar-refractivity contribution in [3.05, 3.63) is 71.8 Å². The van der Waals surface area contributed by atoms with E-state index in [9.17, 15) is 13.6 Å². The van der Waals surface area contributed by atoms with E-state index in [0.717, 1.165) is 33.0 Å². The van der Waals surface area contributed by atoms with Gasteiger partial charge in [-0.25, -0.2) is 13.8 Å². The molecule has 0 aliphatic carbocycles. The Kier molecular flexibility index (Phi) is 4.66. The molecule has 4 aromatic rings. The summed E-state index contributed by atoms with van der Waals surface area (Å²) in [6.45, 7) is 1.95. The lowest BCUT2D eigenvalue weighted by atomic mass is 10.1. The van der Waals surface area contributed by atoms with Gasteiger partial charge in [-0.2, -0.15) is 0 Å². The van der Waals surface area contributed by atoms with E-state index in [1.165, 1.54) is 23.8 Å². The van der Waals surface area contributed by atoms with Crippen LogP contribution >= 0.6 is 11.3 Å². The number of carbonyl (C=O) groups excluding carboxylic acids is 1. The van der Waals surface area contributed by atoms with Gasteiger partial charge in [-0.3, -0.25) is 4.79 Å². The SMILES string of the molecule is Cc1cc(-c2nnco2)sc1-c1ccc(NC(=O)c2c(F)cccc2F)nc1. The maximum atomic E-state index is 13.7. The van der Waals surface area contributed by atoms with E-state index in [1.807, 2.05) is 13.0 Å². The molecule has 0 bridgehead atoms. The number of amides is 1. The maximum Gasteiger partial charge on any atom is 0.262 e. The number of aryl methyl sites for hydroxylation is 1. The third kappa shape index (κ3) is 3.39. The minimum Gasteiger partial charge on any atom is -0.423 e. The molecule has 0 unspecified atom stereocenters. The van der Waals surface area contributed by atoms with Crippen LogP contribution in [0.5, 0.6) is 0 Å². The third-order valence-electron chi connectivity index (χ3n) is 3.95. The minimum atomic E-state index is -0.933. The van der Waals surface area contributed by atoms with Crippen molar-refractivity contribution in [2.24, 2.45) is 0 Å². The van der Waals surface area contributed by atoms with Crippen molar-refractivity contribution in [3.8, 4) is 21.2 Å². The van der Waals surface area contributed by atoms with Crippen LogP contribution < -0.4 is 5.32 Å². The molecule has 0 radical (unpaired) electrons. The number of hydrogen-bond acceptors (Lipinski definition) is 6. The molecule has 1 aromatic carbocycles. The fraction of sp³-hybridized carbons (Fsp3) is 0.0526. The lowest BCUT2D eigenvalue weighted by Gasteiger charge is -2.07. The highest BCUT2D eigenvalue weighted by Crippen LogP contribution is 2.37. The molecular formula is C19H12F2N4O2S. The molecule has 0 aliphatic rings. The first kappa shape index (κ1) is 17.9. The fourth-order valence-corrected chi connectivity index (χ4v) is 3.74. The van der Waals surface area contributed by atoms with Crippen molar-refractivity contribution in [2.45, 2.75) is 6.92 Å². The number of rotatable bonds is 4. The number of anilines is 1. The Labute approximate surface area is 161 Å². The monoisotopic (exact) mass is 398 g/mol. The molecule has 0 saturated carbocycles. The molecule has 0 spiro atoms. The zero-order valence-electron chi connectivity index (χ0n) is 14.4. The number of halogens is 2. The van der Waals surface area contributed by atoms with Crippen LogP contribution in [0.15, 0.2) is 53.4 Å². The molecule has 140 valence electrons. The fourth-order valence-electron chi connectivity index (χ4n) is 2.65. The molecule has 0 aliphatic heterocycles. The average Bonchev–Trinajstić information content (AvgIpc) is 3.32. The average molecular weight is 398 g/mol. The lowest BCUT2D eigenvalue weighted by Crippen LogP contribution is -2.16. The van der Waals surface area contributed by atoms with Crippen LogP contribution in [0.2, 0.25) is 0 Å². The van der Waals surface area contributed by atoms with E-state index in [4.69, 9.17) is 4.42 Å². The Morgan fingerprint density at radius 1 is 1.18 bits per heavy atom. The molecule has 1 amide bonds. The van der Waals surface area contributed by atoms with Crippen LogP contribution in [0.3, 0.4) is 0 Å². The first-order valence-corrected chi connectivity index (χ1v) is 8.93. The van der Waals surface area contributed by atoms with Gasteiger partial charge in [0.2, 0.25) is 6.39 Å². The quantitative estimate of drug-likeness (QED) is 0.539. The topological polar surface area (TPSA) is 80.9 Å². The summed E-state index contributed by atoms with van der Waals surface area (Å²) in [5.74, 6) is -2.15. The van der Waals surface area contributed by atoms with Gasteiger partial charge in [0.15, 0.2) is 0 Å². The first-order chi connectivity index (χ1) is 13.5. The van der Waals surface area contributed by atoms with Crippen molar-refractivity contribution in [1.29, 1.82) is 0 Å². The van der Waals surface area contributed by atoms with Gasteiger partial charge in [0.25, 0.3) is 11.8 Å². The van der Waals surface area contributed by atoms with E-state index in [-0.39, 0.29) is 5.82 Å². The van der Waals surface area contributed by atoms with Crippen LogP contribution in [0.1, 0.15) is 15.9 Å². The summed E-state index contributed by atoms with van der Waals surface area (Å²) in [5.41, 5.74) is 1.18. The lowest BCUT2D eigenvalue weighted by molar-refractivity contribution is 0.101. The largest absolute Gasteiger partial charge is 0.423 e.